The maximum absolute atomic E-state index is 12.6. The standard InChI is InChI=1S/C19H29NO4/c1-5-8-13-20(14-9-6-2)24-19(22)17-12-10-11-16(7-3)18(17)23-15(4)21/h10-12H,5-9,13-14H2,1-4H3. The van der Waals surface area contributed by atoms with Crippen molar-refractivity contribution in [3.05, 3.63) is 29.3 Å². The minimum absolute atomic E-state index is 0.294. The Morgan fingerprint density at radius 2 is 1.67 bits per heavy atom. The van der Waals surface area contributed by atoms with Crippen molar-refractivity contribution in [1.29, 1.82) is 0 Å². The van der Waals surface area contributed by atoms with Crippen LogP contribution in [-0.2, 0) is 16.1 Å². The monoisotopic (exact) mass is 335 g/mol. The van der Waals surface area contributed by atoms with E-state index < -0.39 is 11.9 Å². The third kappa shape index (κ3) is 6.32. The molecular weight excluding hydrogens is 306 g/mol. The first-order valence-corrected chi connectivity index (χ1v) is 8.80. The van der Waals surface area contributed by atoms with Gasteiger partial charge in [0.05, 0.1) is 0 Å². The largest absolute Gasteiger partial charge is 0.426 e. The third-order valence-corrected chi connectivity index (χ3v) is 3.68. The molecule has 24 heavy (non-hydrogen) atoms. The number of ether oxygens (including phenoxy) is 1. The minimum Gasteiger partial charge on any atom is -0.426 e. The van der Waals surface area contributed by atoms with Crippen molar-refractivity contribution in [2.45, 2.75) is 59.8 Å². The van der Waals surface area contributed by atoms with Crippen LogP contribution in [0.2, 0.25) is 0 Å². The number of benzene rings is 1. The van der Waals surface area contributed by atoms with E-state index >= 15 is 0 Å². The normalized spacial score (nSPS) is 10.7. The maximum atomic E-state index is 12.6. The second-order valence-corrected chi connectivity index (χ2v) is 5.76. The molecule has 5 nitrogen and oxygen atoms in total. The molecule has 0 aliphatic carbocycles. The first kappa shape index (κ1) is 20.2. The summed E-state index contributed by atoms with van der Waals surface area (Å²) in [6.45, 7) is 8.90. The molecule has 5 heteroatoms. The molecule has 0 bridgehead atoms. The van der Waals surface area contributed by atoms with E-state index in [-0.39, 0.29) is 0 Å². The summed E-state index contributed by atoms with van der Waals surface area (Å²) in [6, 6.07) is 5.27. The molecule has 0 amide bonds. The molecule has 0 spiro atoms. The Kier molecular flexibility index (Phi) is 9.08. The van der Waals surface area contributed by atoms with Gasteiger partial charge in [-0.2, -0.15) is 0 Å². The van der Waals surface area contributed by atoms with E-state index in [1.807, 2.05) is 13.0 Å². The Bertz CT molecular complexity index is 534. The molecule has 0 aliphatic rings. The van der Waals surface area contributed by atoms with Crippen molar-refractivity contribution < 1.29 is 19.2 Å². The molecule has 0 N–H and O–H groups in total. The summed E-state index contributed by atoms with van der Waals surface area (Å²) in [5, 5.41) is 1.71. The summed E-state index contributed by atoms with van der Waals surface area (Å²) in [4.78, 5) is 29.5. The SMILES string of the molecule is CCCCN(CCCC)OC(=O)c1cccc(CC)c1OC(C)=O. The highest BCUT2D eigenvalue weighted by molar-refractivity contribution is 5.93. The summed E-state index contributed by atoms with van der Waals surface area (Å²) >= 11 is 0. The van der Waals surface area contributed by atoms with Crippen LogP contribution in [0, 0.1) is 0 Å². The summed E-state index contributed by atoms with van der Waals surface area (Å²) in [5.41, 5.74) is 1.11. The number of nitrogens with zero attached hydrogens (tertiary/aromatic N) is 1. The summed E-state index contributed by atoms with van der Waals surface area (Å²) in [5.74, 6) is -0.615. The third-order valence-electron chi connectivity index (χ3n) is 3.68. The number of hydrogen-bond donors (Lipinski definition) is 0. The second kappa shape index (κ2) is 10.8. The number of carbonyl (C=O) groups excluding carboxylic acids is 2. The van der Waals surface area contributed by atoms with Gasteiger partial charge in [-0.25, -0.2) is 4.79 Å². The lowest BCUT2D eigenvalue weighted by molar-refractivity contribution is -0.132. The van der Waals surface area contributed by atoms with Crippen LogP contribution in [-0.4, -0.2) is 30.1 Å². The molecule has 0 aromatic heterocycles. The van der Waals surface area contributed by atoms with Crippen molar-refractivity contribution in [2.75, 3.05) is 13.1 Å². The molecule has 0 saturated heterocycles. The van der Waals surface area contributed by atoms with E-state index in [2.05, 4.69) is 13.8 Å². The lowest BCUT2D eigenvalue weighted by Gasteiger charge is -2.21. The Morgan fingerprint density at radius 3 is 2.17 bits per heavy atom. The Labute approximate surface area is 144 Å². The molecule has 0 fully saturated rings. The summed E-state index contributed by atoms with van der Waals surface area (Å²) in [6.07, 6.45) is 4.65. The van der Waals surface area contributed by atoms with Gasteiger partial charge in [-0.15, -0.1) is 5.06 Å². The zero-order valence-electron chi connectivity index (χ0n) is 15.3. The van der Waals surface area contributed by atoms with Crippen LogP contribution in [0.5, 0.6) is 5.75 Å². The number of carbonyl (C=O) groups is 2. The minimum atomic E-state index is -0.478. The highest BCUT2D eigenvalue weighted by Gasteiger charge is 2.21. The van der Waals surface area contributed by atoms with Gasteiger partial charge in [0.1, 0.15) is 11.3 Å². The Balaban J connectivity index is 2.96. The van der Waals surface area contributed by atoms with Crippen LogP contribution in [0.15, 0.2) is 18.2 Å². The quantitative estimate of drug-likeness (QED) is 0.365. The molecule has 1 aromatic carbocycles. The van der Waals surface area contributed by atoms with Crippen LogP contribution < -0.4 is 4.74 Å². The fourth-order valence-electron chi connectivity index (χ4n) is 2.33. The van der Waals surface area contributed by atoms with Gasteiger partial charge >= 0.3 is 11.9 Å². The van der Waals surface area contributed by atoms with Crippen LogP contribution in [0.1, 0.15) is 69.3 Å². The van der Waals surface area contributed by atoms with Crippen molar-refractivity contribution in [3.8, 4) is 5.75 Å². The van der Waals surface area contributed by atoms with E-state index in [0.717, 1.165) is 31.2 Å². The van der Waals surface area contributed by atoms with E-state index in [0.29, 0.717) is 30.8 Å². The van der Waals surface area contributed by atoms with Crippen molar-refractivity contribution >= 4 is 11.9 Å². The first-order valence-electron chi connectivity index (χ1n) is 8.80. The number of unbranched alkanes of at least 4 members (excludes halogenated alkanes) is 2. The molecular formula is C19H29NO4. The van der Waals surface area contributed by atoms with Crippen LogP contribution in [0.25, 0.3) is 0 Å². The molecule has 0 radical (unpaired) electrons. The summed E-state index contributed by atoms with van der Waals surface area (Å²) < 4.78 is 5.27. The van der Waals surface area contributed by atoms with Crippen molar-refractivity contribution in [2.24, 2.45) is 0 Å². The topological polar surface area (TPSA) is 55.8 Å². The van der Waals surface area contributed by atoms with Gasteiger partial charge < -0.3 is 9.57 Å². The molecule has 1 aromatic rings. The molecule has 1 rings (SSSR count). The Hall–Kier alpha value is -1.88. The van der Waals surface area contributed by atoms with Gasteiger partial charge in [0, 0.05) is 20.0 Å². The lowest BCUT2D eigenvalue weighted by atomic mass is 10.1. The molecule has 0 unspecified atom stereocenters. The highest BCUT2D eigenvalue weighted by atomic mass is 16.7. The molecule has 0 saturated carbocycles. The number of esters is 1. The lowest BCUT2D eigenvalue weighted by Crippen LogP contribution is -2.30. The fraction of sp³-hybridized carbons (Fsp3) is 0.579. The average Bonchev–Trinajstić information content (AvgIpc) is 2.56. The zero-order chi connectivity index (χ0) is 17.9. The van der Waals surface area contributed by atoms with E-state index in [9.17, 15) is 9.59 Å². The van der Waals surface area contributed by atoms with E-state index in [1.165, 1.54) is 6.92 Å². The van der Waals surface area contributed by atoms with E-state index in [4.69, 9.17) is 9.57 Å². The van der Waals surface area contributed by atoms with Gasteiger partial charge in [-0.05, 0) is 30.9 Å². The van der Waals surface area contributed by atoms with Crippen LogP contribution in [0.4, 0.5) is 0 Å². The van der Waals surface area contributed by atoms with Gasteiger partial charge in [0.2, 0.25) is 0 Å². The predicted octanol–water partition coefficient (Wildman–Crippen LogP) is 4.15. The first-order chi connectivity index (χ1) is 11.5. The zero-order valence-corrected chi connectivity index (χ0v) is 15.3. The summed E-state index contributed by atoms with van der Waals surface area (Å²) in [7, 11) is 0. The maximum Gasteiger partial charge on any atom is 0.360 e. The highest BCUT2D eigenvalue weighted by Crippen LogP contribution is 2.26. The smallest absolute Gasteiger partial charge is 0.360 e. The predicted molar refractivity (Wildman–Crippen MR) is 93.9 cm³/mol. The van der Waals surface area contributed by atoms with Crippen molar-refractivity contribution in [1.82, 2.24) is 5.06 Å². The van der Waals surface area contributed by atoms with Crippen molar-refractivity contribution in [3.63, 3.8) is 0 Å². The number of rotatable bonds is 10. The van der Waals surface area contributed by atoms with Gasteiger partial charge in [0.25, 0.3) is 0 Å². The van der Waals surface area contributed by atoms with Gasteiger partial charge in [0.15, 0.2) is 0 Å². The average molecular weight is 335 g/mol. The van der Waals surface area contributed by atoms with Gasteiger partial charge in [-0.3, -0.25) is 4.79 Å². The molecule has 0 aliphatic heterocycles. The van der Waals surface area contributed by atoms with E-state index in [1.54, 1.807) is 17.2 Å². The molecule has 0 atom stereocenters. The Morgan fingerprint density at radius 1 is 1.04 bits per heavy atom. The number of para-hydroxylation sites is 1. The number of aryl methyl sites for hydroxylation is 1. The number of hydroxylamine groups is 2. The molecule has 134 valence electrons. The van der Waals surface area contributed by atoms with Crippen LogP contribution >= 0.6 is 0 Å². The number of hydrogen-bond acceptors (Lipinski definition) is 5. The fourth-order valence-corrected chi connectivity index (χ4v) is 2.33. The molecule has 0 heterocycles. The second-order valence-electron chi connectivity index (χ2n) is 5.76. The van der Waals surface area contributed by atoms with Crippen LogP contribution in [0.3, 0.4) is 0 Å². The van der Waals surface area contributed by atoms with Gasteiger partial charge in [-0.1, -0.05) is 45.7 Å².